The fourth-order valence-electron chi connectivity index (χ4n) is 2.18. The lowest BCUT2D eigenvalue weighted by molar-refractivity contribution is -0.139. The van der Waals surface area contributed by atoms with Crippen LogP contribution in [0.25, 0.3) is 0 Å². The van der Waals surface area contributed by atoms with E-state index in [9.17, 15) is 14.5 Å². The first-order valence-electron chi connectivity index (χ1n) is 7.42. The van der Waals surface area contributed by atoms with E-state index in [1.54, 1.807) is 38.1 Å². The van der Waals surface area contributed by atoms with E-state index in [0.29, 0.717) is 17.4 Å². The number of hydrogen-bond donors (Lipinski definition) is 2. The quantitative estimate of drug-likeness (QED) is 0.640. The Morgan fingerprint density at radius 3 is 2.32 bits per heavy atom. The van der Waals surface area contributed by atoms with E-state index < -0.39 is 19.6 Å². The highest BCUT2D eigenvalue weighted by atomic mass is 31.2. The third-order valence-corrected chi connectivity index (χ3v) is 5.28. The molecule has 0 saturated heterocycles. The first kappa shape index (κ1) is 18.8. The van der Waals surface area contributed by atoms with E-state index in [-0.39, 0.29) is 19.6 Å². The van der Waals surface area contributed by atoms with Crippen LogP contribution < -0.4 is 10.6 Å². The van der Waals surface area contributed by atoms with E-state index in [4.69, 9.17) is 9.05 Å². The molecule has 0 saturated carbocycles. The van der Waals surface area contributed by atoms with Gasteiger partial charge in [0.1, 0.15) is 6.04 Å². The van der Waals surface area contributed by atoms with E-state index in [1.165, 1.54) is 0 Å². The lowest BCUT2D eigenvalue weighted by Crippen LogP contribution is -2.39. The van der Waals surface area contributed by atoms with Gasteiger partial charge in [-0.2, -0.15) is 0 Å². The molecule has 2 N–H and O–H groups in total. The lowest BCUT2D eigenvalue weighted by atomic mass is 10.1. The van der Waals surface area contributed by atoms with Crippen LogP contribution in [0.2, 0.25) is 0 Å². The number of rotatable bonds is 10. The van der Waals surface area contributed by atoms with Crippen LogP contribution in [0.1, 0.15) is 26.3 Å². The molecule has 0 aliphatic heterocycles. The summed E-state index contributed by atoms with van der Waals surface area (Å²) in [5.74, 6) is -0.945. The molecule has 7 heteroatoms. The number of carboxylic acids is 1. The molecule has 1 rings (SSSR count). The fraction of sp³-hybridized carbons (Fsp3) is 0.533. The van der Waals surface area contributed by atoms with Gasteiger partial charge in [-0.3, -0.25) is 9.36 Å². The predicted octanol–water partition coefficient (Wildman–Crippen LogP) is 2.18. The number of carbonyl (C=O) groups is 1. The van der Waals surface area contributed by atoms with Crippen LogP contribution in [0, 0.1) is 0 Å². The van der Waals surface area contributed by atoms with Crippen LogP contribution in [0.3, 0.4) is 0 Å². The molecule has 0 fully saturated rings. The fourth-order valence-corrected chi connectivity index (χ4v) is 4.00. The Labute approximate surface area is 131 Å². The van der Waals surface area contributed by atoms with Crippen molar-refractivity contribution in [2.24, 2.45) is 0 Å². The van der Waals surface area contributed by atoms with Crippen molar-refractivity contribution >= 4 is 18.9 Å². The van der Waals surface area contributed by atoms with Crippen LogP contribution in [0.15, 0.2) is 24.3 Å². The first-order valence-corrected chi connectivity index (χ1v) is 8.96. The van der Waals surface area contributed by atoms with Crippen molar-refractivity contribution in [2.75, 3.05) is 19.8 Å². The van der Waals surface area contributed by atoms with E-state index in [0.717, 1.165) is 0 Å². The summed E-state index contributed by atoms with van der Waals surface area (Å²) in [7, 11) is -3.44. The largest absolute Gasteiger partial charge is 0.480 e. The van der Waals surface area contributed by atoms with Crippen molar-refractivity contribution in [3.05, 3.63) is 29.8 Å². The number of carboxylic acid groups (broad SMARTS) is 1. The lowest BCUT2D eigenvalue weighted by Gasteiger charge is -2.21. The number of likely N-dealkylation sites (N-methyl/N-ethyl adjacent to an activating group) is 1. The maximum Gasteiger partial charge on any atom is 0.361 e. The maximum atomic E-state index is 12.9. The monoisotopic (exact) mass is 329 g/mol. The molecular formula is C15H24NO5P. The van der Waals surface area contributed by atoms with Crippen molar-refractivity contribution in [3.63, 3.8) is 0 Å². The second kappa shape index (κ2) is 9.06. The van der Waals surface area contributed by atoms with Gasteiger partial charge in [0.05, 0.1) is 18.5 Å². The Morgan fingerprint density at radius 1 is 1.23 bits per heavy atom. The molecule has 0 amide bonds. The Kier molecular flexibility index (Phi) is 7.76. The summed E-state index contributed by atoms with van der Waals surface area (Å²) in [6.45, 7) is 6.36. The first-order chi connectivity index (χ1) is 10.5. The number of aliphatic carboxylic acids is 1. The zero-order valence-corrected chi connectivity index (χ0v) is 14.1. The van der Waals surface area contributed by atoms with Gasteiger partial charge < -0.3 is 19.5 Å². The highest BCUT2D eigenvalue weighted by Gasteiger charge is 2.30. The maximum absolute atomic E-state index is 12.9. The van der Waals surface area contributed by atoms with Crippen LogP contribution in [-0.2, 0) is 24.8 Å². The van der Waals surface area contributed by atoms with E-state index >= 15 is 0 Å². The Balaban J connectivity index is 3.16. The van der Waals surface area contributed by atoms with Gasteiger partial charge in [0, 0.05) is 0 Å². The smallest absolute Gasteiger partial charge is 0.361 e. The second-order valence-corrected chi connectivity index (χ2v) is 6.61. The number of hydrogen-bond acceptors (Lipinski definition) is 5. The molecule has 0 aromatic heterocycles. The Bertz CT molecular complexity index is 524. The topological polar surface area (TPSA) is 84.9 Å². The average Bonchev–Trinajstić information content (AvgIpc) is 2.47. The minimum atomic E-state index is -3.44. The van der Waals surface area contributed by atoms with Gasteiger partial charge in [-0.05, 0) is 38.4 Å². The summed E-state index contributed by atoms with van der Waals surface area (Å²) in [5, 5.41) is 12.6. The molecule has 0 spiro atoms. The summed E-state index contributed by atoms with van der Waals surface area (Å²) in [6, 6.07) is 6.21. The number of benzene rings is 1. The van der Waals surface area contributed by atoms with E-state index in [2.05, 4.69) is 5.32 Å². The minimum absolute atomic E-state index is 0.212. The molecule has 124 valence electrons. The summed E-state index contributed by atoms with van der Waals surface area (Å²) < 4.78 is 23.7. The highest BCUT2D eigenvalue weighted by molar-refractivity contribution is 7.62. The second-order valence-electron chi connectivity index (χ2n) is 4.61. The molecule has 1 aromatic rings. The summed E-state index contributed by atoms with van der Waals surface area (Å²) in [6.07, 6.45) is 0.212. The average molecular weight is 329 g/mol. The molecule has 0 radical (unpaired) electrons. The van der Waals surface area contributed by atoms with Gasteiger partial charge in [-0.25, -0.2) is 0 Å². The molecular weight excluding hydrogens is 305 g/mol. The number of nitrogens with one attached hydrogen (secondary N) is 1. The Morgan fingerprint density at radius 2 is 1.82 bits per heavy atom. The molecule has 22 heavy (non-hydrogen) atoms. The molecule has 1 aromatic carbocycles. The molecule has 0 bridgehead atoms. The summed E-state index contributed by atoms with van der Waals surface area (Å²) in [5.41, 5.74) is 0.654. The third-order valence-electron chi connectivity index (χ3n) is 3.06. The van der Waals surface area contributed by atoms with Crippen LogP contribution in [0.5, 0.6) is 0 Å². The van der Waals surface area contributed by atoms with Gasteiger partial charge in [0.2, 0.25) is 0 Å². The molecule has 0 aliphatic carbocycles. The van der Waals surface area contributed by atoms with Gasteiger partial charge >= 0.3 is 13.6 Å². The van der Waals surface area contributed by atoms with Gasteiger partial charge in [-0.15, -0.1) is 0 Å². The van der Waals surface area contributed by atoms with Crippen LogP contribution >= 0.6 is 7.60 Å². The van der Waals surface area contributed by atoms with Gasteiger partial charge in [0.15, 0.2) is 0 Å². The van der Waals surface area contributed by atoms with Crippen molar-refractivity contribution in [1.82, 2.24) is 5.32 Å². The van der Waals surface area contributed by atoms with Crippen molar-refractivity contribution < 1.29 is 23.5 Å². The molecule has 0 unspecified atom stereocenters. The van der Waals surface area contributed by atoms with Crippen LogP contribution in [-0.4, -0.2) is 36.9 Å². The zero-order chi connectivity index (χ0) is 16.6. The predicted molar refractivity (Wildman–Crippen MR) is 85.7 cm³/mol. The summed E-state index contributed by atoms with van der Waals surface area (Å²) in [4.78, 5) is 11.3. The van der Waals surface area contributed by atoms with Crippen LogP contribution in [0.4, 0.5) is 0 Å². The zero-order valence-electron chi connectivity index (χ0n) is 13.2. The molecule has 6 nitrogen and oxygen atoms in total. The Hall–Kier alpha value is -1.20. The normalized spacial score (nSPS) is 13.0. The van der Waals surface area contributed by atoms with Crippen molar-refractivity contribution in [2.45, 2.75) is 33.2 Å². The molecule has 0 aliphatic rings. The summed E-state index contributed by atoms with van der Waals surface area (Å²) >= 11 is 0. The van der Waals surface area contributed by atoms with Crippen molar-refractivity contribution in [1.29, 1.82) is 0 Å². The molecule has 1 atom stereocenters. The minimum Gasteiger partial charge on any atom is -0.480 e. The third kappa shape index (κ3) is 4.92. The van der Waals surface area contributed by atoms with Crippen molar-refractivity contribution in [3.8, 4) is 0 Å². The highest BCUT2D eigenvalue weighted by Crippen LogP contribution is 2.47. The SMILES string of the molecule is CCN[C@@H](Cc1ccccc1P(=O)(OCC)OCC)C(=O)O. The van der Waals surface area contributed by atoms with Gasteiger partial charge in [0.25, 0.3) is 0 Å². The van der Waals surface area contributed by atoms with Gasteiger partial charge in [-0.1, -0.05) is 25.1 Å². The van der Waals surface area contributed by atoms with E-state index in [1.807, 2.05) is 6.92 Å². The molecule has 0 heterocycles. The standard InChI is InChI=1S/C15H24NO5P/c1-4-16-13(15(17)18)11-12-9-7-8-10-14(12)22(19,20-5-2)21-6-3/h7-10,13,16H,4-6,11H2,1-3H3,(H,17,18)/t13-/m0/s1.